The van der Waals surface area contributed by atoms with E-state index < -0.39 is 29.7 Å². The van der Waals surface area contributed by atoms with Gasteiger partial charge in [-0.15, -0.1) is 0 Å². The fourth-order valence-electron chi connectivity index (χ4n) is 5.14. The molecule has 1 fully saturated rings. The van der Waals surface area contributed by atoms with Gasteiger partial charge in [0.1, 0.15) is 12.4 Å². The largest absolute Gasteiger partial charge is 0.481 e. The van der Waals surface area contributed by atoms with Crippen LogP contribution in [0.1, 0.15) is 34.1 Å². The third kappa shape index (κ3) is 3.75. The normalized spacial score (nSPS) is 19.3. The number of carbonyl (C=O) groups excluding carboxylic acids is 1. The van der Waals surface area contributed by atoms with Gasteiger partial charge in [-0.2, -0.15) is 0 Å². The van der Waals surface area contributed by atoms with Gasteiger partial charge in [0.25, 0.3) is 0 Å². The number of hydrogen-bond donors (Lipinski definition) is 1. The number of likely N-dealkylation sites (tertiary alicyclic amines) is 1. The van der Waals surface area contributed by atoms with Crippen LogP contribution in [0.15, 0.2) is 66.7 Å². The lowest BCUT2D eigenvalue weighted by Crippen LogP contribution is -2.31. The molecule has 168 valence electrons. The first-order valence-electron chi connectivity index (χ1n) is 11.0. The number of rotatable bonds is 4. The van der Waals surface area contributed by atoms with Crippen LogP contribution >= 0.6 is 0 Å². The van der Waals surface area contributed by atoms with Crippen LogP contribution in [0.5, 0.6) is 0 Å². The molecule has 1 aliphatic heterocycles. The van der Waals surface area contributed by atoms with Crippen LogP contribution in [0, 0.1) is 18.7 Å². The van der Waals surface area contributed by atoms with Crippen LogP contribution in [-0.4, -0.2) is 41.8 Å². The average Bonchev–Trinajstić information content (AvgIpc) is 3.38. The van der Waals surface area contributed by atoms with Gasteiger partial charge >= 0.3 is 12.1 Å². The number of halogens is 1. The fourth-order valence-corrected chi connectivity index (χ4v) is 5.14. The van der Waals surface area contributed by atoms with Crippen LogP contribution in [0.3, 0.4) is 0 Å². The minimum atomic E-state index is -1.05. The molecular weight excluding hydrogens is 421 g/mol. The molecule has 1 heterocycles. The molecule has 1 N–H and O–H groups in total. The maximum atomic E-state index is 14.6. The lowest BCUT2D eigenvalue weighted by atomic mass is 9.88. The number of hydrogen-bond acceptors (Lipinski definition) is 3. The van der Waals surface area contributed by atoms with E-state index in [1.807, 2.05) is 36.4 Å². The minimum Gasteiger partial charge on any atom is -0.481 e. The van der Waals surface area contributed by atoms with Crippen molar-refractivity contribution in [1.29, 1.82) is 0 Å². The molecule has 2 atom stereocenters. The van der Waals surface area contributed by atoms with Gasteiger partial charge in [-0.05, 0) is 46.4 Å². The molecule has 1 aliphatic carbocycles. The number of aliphatic carboxylic acids is 1. The Morgan fingerprint density at radius 1 is 0.970 bits per heavy atom. The SMILES string of the molecule is Cc1ccc(C2CN(C(=O)OCC3c4ccccc4-c4ccccc43)CC2C(=O)O)c(F)c1. The van der Waals surface area contributed by atoms with Gasteiger partial charge < -0.3 is 14.7 Å². The summed E-state index contributed by atoms with van der Waals surface area (Å²) in [5.41, 5.74) is 5.57. The maximum Gasteiger partial charge on any atom is 0.409 e. The lowest BCUT2D eigenvalue weighted by Gasteiger charge is -2.19. The zero-order valence-electron chi connectivity index (χ0n) is 18.2. The van der Waals surface area contributed by atoms with E-state index in [9.17, 15) is 19.1 Å². The molecule has 0 saturated carbocycles. The van der Waals surface area contributed by atoms with Crippen molar-refractivity contribution in [2.45, 2.75) is 18.8 Å². The third-order valence-corrected chi connectivity index (χ3v) is 6.79. The van der Waals surface area contributed by atoms with Crippen LogP contribution in [0.25, 0.3) is 11.1 Å². The lowest BCUT2D eigenvalue weighted by molar-refractivity contribution is -0.141. The second-order valence-electron chi connectivity index (χ2n) is 8.79. The van der Waals surface area contributed by atoms with E-state index in [4.69, 9.17) is 4.74 Å². The predicted molar refractivity (Wildman–Crippen MR) is 122 cm³/mol. The van der Waals surface area contributed by atoms with E-state index in [-0.39, 0.29) is 25.6 Å². The van der Waals surface area contributed by atoms with Crippen LogP contribution in [0.4, 0.5) is 9.18 Å². The highest BCUT2D eigenvalue weighted by atomic mass is 19.1. The van der Waals surface area contributed by atoms with Crippen LogP contribution in [0.2, 0.25) is 0 Å². The zero-order chi connectivity index (χ0) is 23.1. The van der Waals surface area contributed by atoms with Crippen LogP contribution in [-0.2, 0) is 9.53 Å². The van der Waals surface area contributed by atoms with Gasteiger partial charge in [0, 0.05) is 24.9 Å². The van der Waals surface area contributed by atoms with E-state index in [1.54, 1.807) is 19.1 Å². The summed E-state index contributed by atoms with van der Waals surface area (Å²) in [6.45, 7) is 2.03. The van der Waals surface area contributed by atoms with Crippen molar-refractivity contribution in [1.82, 2.24) is 4.90 Å². The minimum absolute atomic E-state index is 0.00993. The van der Waals surface area contributed by atoms with E-state index in [0.717, 1.165) is 27.8 Å². The molecule has 2 aliphatic rings. The number of carbonyl (C=O) groups is 2. The van der Waals surface area contributed by atoms with Crippen LogP contribution < -0.4 is 0 Å². The highest BCUT2D eigenvalue weighted by Gasteiger charge is 2.42. The van der Waals surface area contributed by atoms with E-state index in [0.29, 0.717) is 5.56 Å². The topological polar surface area (TPSA) is 66.8 Å². The molecule has 5 nitrogen and oxygen atoms in total. The summed E-state index contributed by atoms with van der Waals surface area (Å²) in [6, 6.07) is 20.9. The van der Waals surface area contributed by atoms with Crippen molar-refractivity contribution < 1.29 is 23.8 Å². The zero-order valence-corrected chi connectivity index (χ0v) is 18.2. The maximum absolute atomic E-state index is 14.6. The second kappa shape index (κ2) is 8.35. The van der Waals surface area contributed by atoms with Gasteiger partial charge in [0.15, 0.2) is 0 Å². The molecule has 1 amide bonds. The van der Waals surface area contributed by atoms with Gasteiger partial charge in [-0.25, -0.2) is 9.18 Å². The molecule has 5 rings (SSSR count). The molecule has 0 radical (unpaired) electrons. The molecule has 3 aromatic carbocycles. The first kappa shape index (κ1) is 21.2. The molecule has 3 aromatic rings. The molecule has 1 saturated heterocycles. The van der Waals surface area contributed by atoms with Crippen molar-refractivity contribution in [3.05, 3.63) is 94.8 Å². The summed E-state index contributed by atoms with van der Waals surface area (Å²) in [5.74, 6) is -3.08. The van der Waals surface area contributed by atoms with Crippen molar-refractivity contribution in [2.75, 3.05) is 19.7 Å². The quantitative estimate of drug-likeness (QED) is 0.601. The number of aryl methyl sites for hydroxylation is 1. The standard InChI is InChI=1S/C27H24FNO4/c1-16-10-11-21(25(28)12-16)22-13-29(14-23(22)26(30)31)27(32)33-15-24-19-8-4-2-6-17(19)18-7-3-5-9-20(18)24/h2-12,22-24H,13-15H2,1H3,(H,30,31). The van der Waals surface area contributed by atoms with Gasteiger partial charge in [0.2, 0.25) is 0 Å². The van der Waals surface area contributed by atoms with E-state index >= 15 is 0 Å². The van der Waals surface area contributed by atoms with Crippen molar-refractivity contribution >= 4 is 12.1 Å². The van der Waals surface area contributed by atoms with E-state index in [1.165, 1.54) is 11.0 Å². The Hall–Kier alpha value is -3.67. The summed E-state index contributed by atoms with van der Waals surface area (Å²) < 4.78 is 20.3. The third-order valence-electron chi connectivity index (χ3n) is 6.79. The second-order valence-corrected chi connectivity index (χ2v) is 8.79. The van der Waals surface area contributed by atoms with Gasteiger partial charge in [-0.1, -0.05) is 60.7 Å². The Labute approximate surface area is 191 Å². The Bertz CT molecular complexity index is 1190. The van der Waals surface area contributed by atoms with E-state index in [2.05, 4.69) is 12.1 Å². The summed E-state index contributed by atoms with van der Waals surface area (Å²) in [7, 11) is 0. The molecule has 6 heteroatoms. The molecule has 2 unspecified atom stereocenters. The Kier molecular flexibility index (Phi) is 5.36. The number of nitrogens with zero attached hydrogens (tertiary/aromatic N) is 1. The van der Waals surface area contributed by atoms with Gasteiger partial charge in [-0.3, -0.25) is 4.79 Å². The molecule has 0 bridgehead atoms. The summed E-state index contributed by atoms with van der Waals surface area (Å²) in [5, 5.41) is 9.71. The Balaban J connectivity index is 1.33. The molecule has 0 aromatic heterocycles. The molecular formula is C27H24FNO4. The number of ether oxygens (including phenoxy) is 1. The van der Waals surface area contributed by atoms with Crippen molar-refractivity contribution in [2.24, 2.45) is 5.92 Å². The number of amides is 1. The van der Waals surface area contributed by atoms with Crippen molar-refractivity contribution in [3.8, 4) is 11.1 Å². The summed E-state index contributed by atoms with van der Waals surface area (Å²) >= 11 is 0. The first-order valence-corrected chi connectivity index (χ1v) is 11.0. The number of fused-ring (bicyclic) bond motifs is 3. The average molecular weight is 445 g/mol. The number of benzene rings is 3. The predicted octanol–water partition coefficient (Wildman–Crippen LogP) is 5.18. The smallest absolute Gasteiger partial charge is 0.409 e. The Morgan fingerprint density at radius 2 is 1.61 bits per heavy atom. The Morgan fingerprint density at radius 3 is 2.21 bits per heavy atom. The summed E-state index contributed by atoms with van der Waals surface area (Å²) in [6.07, 6.45) is -0.571. The number of carboxylic acids is 1. The fraction of sp³-hybridized carbons (Fsp3) is 0.259. The summed E-state index contributed by atoms with van der Waals surface area (Å²) in [4.78, 5) is 26.2. The van der Waals surface area contributed by atoms with Gasteiger partial charge in [0.05, 0.1) is 5.92 Å². The highest BCUT2D eigenvalue weighted by Crippen LogP contribution is 2.44. The molecule has 0 spiro atoms. The van der Waals surface area contributed by atoms with Crippen molar-refractivity contribution in [3.63, 3.8) is 0 Å². The number of carboxylic acid groups (broad SMARTS) is 1. The first-order chi connectivity index (χ1) is 15.9. The molecule has 33 heavy (non-hydrogen) atoms. The monoisotopic (exact) mass is 445 g/mol. The highest BCUT2D eigenvalue weighted by molar-refractivity contribution is 5.79.